The van der Waals surface area contributed by atoms with Gasteiger partial charge in [-0.2, -0.15) is 0 Å². The van der Waals surface area contributed by atoms with E-state index in [1.807, 2.05) is 32.1 Å². The summed E-state index contributed by atoms with van der Waals surface area (Å²) in [5, 5.41) is 10.8. The minimum atomic E-state index is -0.786. The van der Waals surface area contributed by atoms with Crippen LogP contribution in [0.3, 0.4) is 0 Å². The number of cyclic esters (lactones) is 1. The Labute approximate surface area is 215 Å². The van der Waals surface area contributed by atoms with Crippen molar-refractivity contribution in [3.8, 4) is 0 Å². The lowest BCUT2D eigenvalue weighted by Gasteiger charge is -2.28. The number of amides is 2. The number of hydrogen-bond acceptors (Lipinski definition) is 7. The number of ether oxygens (including phenoxy) is 2. The molecule has 1 N–H and O–H groups in total. The van der Waals surface area contributed by atoms with Gasteiger partial charge < -0.3 is 14.6 Å². The Morgan fingerprint density at radius 2 is 1.89 bits per heavy atom. The highest BCUT2D eigenvalue weighted by molar-refractivity contribution is 5.97. The van der Waals surface area contributed by atoms with Crippen LogP contribution in [0.25, 0.3) is 0 Å². The molecule has 0 bridgehead atoms. The van der Waals surface area contributed by atoms with E-state index in [0.717, 1.165) is 18.4 Å². The van der Waals surface area contributed by atoms with Gasteiger partial charge >= 0.3 is 5.97 Å². The first-order chi connectivity index (χ1) is 17.0. The van der Waals surface area contributed by atoms with Crippen molar-refractivity contribution in [2.45, 2.75) is 96.9 Å². The molecule has 5 atom stereocenters. The van der Waals surface area contributed by atoms with E-state index in [2.05, 4.69) is 0 Å². The average molecular weight is 506 g/mol. The molecule has 1 fully saturated rings. The van der Waals surface area contributed by atoms with Crippen LogP contribution in [-0.2, 0) is 28.7 Å². The fraction of sp³-hybridized carbons (Fsp3) is 0.714. The van der Waals surface area contributed by atoms with Crippen LogP contribution < -0.4 is 0 Å². The lowest BCUT2D eigenvalue weighted by molar-refractivity contribution is -0.151. The molecule has 0 unspecified atom stereocenters. The number of Topliss-reactive ketones (excluding diaryl/α,β-unsaturated/α-hetero) is 1. The maximum absolute atomic E-state index is 13.1. The van der Waals surface area contributed by atoms with E-state index in [1.54, 1.807) is 14.0 Å². The quantitative estimate of drug-likeness (QED) is 0.319. The number of imide groups is 1. The van der Waals surface area contributed by atoms with Crippen LogP contribution >= 0.6 is 0 Å². The van der Waals surface area contributed by atoms with Gasteiger partial charge in [-0.25, -0.2) is 0 Å². The normalized spacial score (nSPS) is 30.7. The maximum atomic E-state index is 13.1. The highest BCUT2D eigenvalue weighted by Crippen LogP contribution is 2.27. The summed E-state index contributed by atoms with van der Waals surface area (Å²) in [6.45, 7) is 5.46. The van der Waals surface area contributed by atoms with Crippen molar-refractivity contribution in [2.75, 3.05) is 14.2 Å². The Hall–Kier alpha value is -2.32. The first-order valence-corrected chi connectivity index (χ1v) is 13.1. The first-order valence-electron chi connectivity index (χ1n) is 13.1. The molecule has 2 heterocycles. The molecule has 0 aromatic carbocycles. The number of nitrogens with zero attached hydrogens (tertiary/aromatic N) is 1. The zero-order valence-electron chi connectivity index (χ0n) is 22.4. The third-order valence-electron chi connectivity index (χ3n) is 7.38. The number of methoxy groups -OCH3 is 1. The summed E-state index contributed by atoms with van der Waals surface area (Å²) >= 11 is 0. The number of hydrogen-bond donors (Lipinski definition) is 1. The van der Waals surface area contributed by atoms with E-state index in [9.17, 15) is 24.3 Å². The number of aliphatic hydroxyl groups is 1. The second-order valence-corrected chi connectivity index (χ2v) is 10.3. The predicted molar refractivity (Wildman–Crippen MR) is 136 cm³/mol. The largest absolute Gasteiger partial charge is 0.457 e. The van der Waals surface area contributed by atoms with Gasteiger partial charge in [-0.15, -0.1) is 0 Å². The molecule has 1 saturated heterocycles. The number of aliphatic hydroxyl groups excluding tert-OH is 1. The number of ketones is 1. The number of esters is 1. The highest BCUT2D eigenvalue weighted by Gasteiger charge is 2.32. The van der Waals surface area contributed by atoms with Gasteiger partial charge in [-0.1, -0.05) is 32.1 Å². The van der Waals surface area contributed by atoms with Gasteiger partial charge in [0.2, 0.25) is 11.8 Å². The Morgan fingerprint density at radius 1 is 1.22 bits per heavy atom. The summed E-state index contributed by atoms with van der Waals surface area (Å²) in [4.78, 5) is 50.7. The maximum Gasteiger partial charge on any atom is 0.306 e. The standard InChI is InChI=1S/C28H43NO7/c1-18-15-19(2)28(36-26(33)14-9-7-6-8-13-23(35-5)27(18)34)20(3)22(30)12-10-11-21-16-24(31)29(4)25(32)17-21/h8,13,15,18,20-21,23,27-28,34H,6-7,9-12,14,16-17H2,1-5H3/b13-8+,19-15-/t18-,20-,23+,27+,28+/m1/s1. The summed E-state index contributed by atoms with van der Waals surface area (Å²) in [6, 6.07) is 0. The van der Waals surface area contributed by atoms with E-state index >= 15 is 0 Å². The molecule has 0 aliphatic carbocycles. The van der Waals surface area contributed by atoms with Crippen LogP contribution in [0.15, 0.2) is 23.8 Å². The molecule has 0 radical (unpaired) electrons. The number of allylic oxidation sites excluding steroid dienone is 1. The molecular weight excluding hydrogens is 462 g/mol. The Balaban J connectivity index is 2.08. The second kappa shape index (κ2) is 14.4. The number of piperidine rings is 1. The molecule has 2 rings (SSSR count). The molecule has 8 heteroatoms. The number of likely N-dealkylation sites (tertiary alicyclic amines) is 1. The molecule has 2 aliphatic rings. The smallest absolute Gasteiger partial charge is 0.306 e. The van der Waals surface area contributed by atoms with Crippen molar-refractivity contribution >= 4 is 23.6 Å². The summed E-state index contributed by atoms with van der Waals surface area (Å²) in [5.74, 6) is -1.59. The first kappa shape index (κ1) is 29.9. The van der Waals surface area contributed by atoms with Gasteiger partial charge in [-0.3, -0.25) is 24.1 Å². The molecule has 0 spiro atoms. The van der Waals surface area contributed by atoms with Crippen molar-refractivity contribution in [1.82, 2.24) is 4.90 Å². The molecule has 8 nitrogen and oxygen atoms in total. The van der Waals surface area contributed by atoms with Crippen molar-refractivity contribution in [1.29, 1.82) is 0 Å². The third kappa shape index (κ3) is 8.66. The lowest BCUT2D eigenvalue weighted by Crippen LogP contribution is -2.40. The van der Waals surface area contributed by atoms with Gasteiger partial charge in [0, 0.05) is 45.8 Å². The molecule has 0 aromatic rings. The SMILES string of the molecule is CO[C@H]1/C=C/CCCCC(=O)O[C@H]([C@H](C)C(=O)CCCC2CC(=O)N(C)C(=O)C2)/C(C)=C\[C@@H](C)[C@@H]1O. The summed E-state index contributed by atoms with van der Waals surface area (Å²) in [6.07, 6.45) is 8.40. The van der Waals surface area contributed by atoms with Crippen LogP contribution in [0.2, 0.25) is 0 Å². The van der Waals surface area contributed by atoms with Crippen molar-refractivity contribution in [2.24, 2.45) is 17.8 Å². The van der Waals surface area contributed by atoms with Crippen LogP contribution in [0, 0.1) is 17.8 Å². The predicted octanol–water partition coefficient (Wildman–Crippen LogP) is 3.76. The third-order valence-corrected chi connectivity index (χ3v) is 7.38. The second-order valence-electron chi connectivity index (χ2n) is 10.3. The number of carbonyl (C=O) groups excluding carboxylic acids is 4. The molecule has 2 aliphatic heterocycles. The van der Waals surface area contributed by atoms with E-state index < -0.39 is 24.2 Å². The molecule has 0 aromatic heterocycles. The van der Waals surface area contributed by atoms with E-state index in [-0.39, 0.29) is 48.2 Å². The summed E-state index contributed by atoms with van der Waals surface area (Å²) in [7, 11) is 3.06. The number of rotatable bonds is 7. The van der Waals surface area contributed by atoms with Crippen molar-refractivity contribution in [3.05, 3.63) is 23.8 Å². The Bertz CT molecular complexity index is 831. The Morgan fingerprint density at radius 3 is 2.53 bits per heavy atom. The van der Waals surface area contributed by atoms with Crippen LogP contribution in [0.4, 0.5) is 0 Å². The topological polar surface area (TPSA) is 110 Å². The molecule has 0 saturated carbocycles. The van der Waals surface area contributed by atoms with Gasteiger partial charge in [0.05, 0.1) is 12.0 Å². The van der Waals surface area contributed by atoms with Gasteiger partial charge in [0.1, 0.15) is 18.0 Å². The summed E-state index contributed by atoms with van der Waals surface area (Å²) < 4.78 is 11.3. The van der Waals surface area contributed by atoms with Crippen molar-refractivity contribution in [3.63, 3.8) is 0 Å². The Kier molecular flexibility index (Phi) is 12.0. The fourth-order valence-corrected chi connectivity index (χ4v) is 4.94. The van der Waals surface area contributed by atoms with Gasteiger partial charge in [0.25, 0.3) is 0 Å². The minimum Gasteiger partial charge on any atom is -0.457 e. The van der Waals surface area contributed by atoms with Gasteiger partial charge in [0.15, 0.2) is 0 Å². The molecule has 36 heavy (non-hydrogen) atoms. The molecule has 2 amide bonds. The van der Waals surface area contributed by atoms with E-state index in [4.69, 9.17) is 9.47 Å². The lowest BCUT2D eigenvalue weighted by atomic mass is 9.86. The molecular formula is C28H43NO7. The minimum absolute atomic E-state index is 0.0295. The van der Waals surface area contributed by atoms with Crippen LogP contribution in [-0.4, -0.2) is 66.0 Å². The number of carbonyl (C=O) groups is 4. The monoisotopic (exact) mass is 505 g/mol. The summed E-state index contributed by atoms with van der Waals surface area (Å²) in [5.41, 5.74) is 0.721. The highest BCUT2D eigenvalue weighted by atomic mass is 16.5. The van der Waals surface area contributed by atoms with Crippen LogP contribution in [0.5, 0.6) is 0 Å². The van der Waals surface area contributed by atoms with E-state index in [0.29, 0.717) is 32.1 Å². The van der Waals surface area contributed by atoms with Gasteiger partial charge in [-0.05, 0) is 50.5 Å². The zero-order chi connectivity index (χ0) is 26.8. The van der Waals surface area contributed by atoms with E-state index in [1.165, 1.54) is 11.9 Å². The molecule has 202 valence electrons. The van der Waals surface area contributed by atoms with Crippen LogP contribution in [0.1, 0.15) is 78.6 Å². The fourth-order valence-electron chi connectivity index (χ4n) is 4.94. The van der Waals surface area contributed by atoms with Crippen molar-refractivity contribution < 1.29 is 33.8 Å². The zero-order valence-corrected chi connectivity index (χ0v) is 22.4. The average Bonchev–Trinajstić information content (AvgIpc) is 2.83.